The minimum Gasteiger partial charge on any atom is -0.349 e. The van der Waals surface area contributed by atoms with Crippen molar-refractivity contribution >= 4 is 28.9 Å². The molecule has 1 aliphatic rings. The third-order valence-corrected chi connectivity index (χ3v) is 4.46. The van der Waals surface area contributed by atoms with E-state index in [1.54, 1.807) is 17.0 Å². The van der Waals surface area contributed by atoms with Gasteiger partial charge < -0.3 is 5.32 Å². The Labute approximate surface area is 160 Å². The molecule has 1 aliphatic carbocycles. The fourth-order valence-corrected chi connectivity index (χ4v) is 2.84. The number of nitrogens with zero attached hydrogens (tertiary/aromatic N) is 4. The van der Waals surface area contributed by atoms with Gasteiger partial charge in [0.2, 0.25) is 0 Å². The summed E-state index contributed by atoms with van der Waals surface area (Å²) in [6.45, 7) is 2.22. The maximum Gasteiger partial charge on any atom is 0.269 e. The number of nitriles is 1. The lowest BCUT2D eigenvalue weighted by atomic mass is 9.96. The number of aromatic nitrogens is 4. The number of rotatable bonds is 6. The van der Waals surface area contributed by atoms with Crippen molar-refractivity contribution in [3.8, 4) is 6.07 Å². The van der Waals surface area contributed by atoms with Crippen molar-refractivity contribution in [3.05, 3.63) is 53.6 Å². The van der Waals surface area contributed by atoms with Crippen LogP contribution in [0.2, 0.25) is 0 Å². The third-order valence-electron chi connectivity index (χ3n) is 4.06. The second-order valence-corrected chi connectivity index (χ2v) is 6.53. The van der Waals surface area contributed by atoms with Gasteiger partial charge in [-0.2, -0.15) is 15.5 Å². The van der Waals surface area contributed by atoms with E-state index in [0.29, 0.717) is 13.1 Å². The van der Waals surface area contributed by atoms with Crippen molar-refractivity contribution in [2.45, 2.75) is 18.8 Å². The summed E-state index contributed by atoms with van der Waals surface area (Å²) in [4.78, 5) is 23.2. The van der Waals surface area contributed by atoms with Gasteiger partial charge in [-0.15, -0.1) is 11.6 Å². The molecule has 0 saturated carbocycles. The van der Waals surface area contributed by atoms with E-state index in [1.165, 1.54) is 13.0 Å². The van der Waals surface area contributed by atoms with Crippen LogP contribution in [0.1, 0.15) is 33.6 Å². The molecule has 8 nitrogen and oxygen atoms in total. The first-order valence-electron chi connectivity index (χ1n) is 8.30. The molecule has 2 aromatic heterocycles. The molecule has 2 heterocycles. The van der Waals surface area contributed by atoms with Gasteiger partial charge in [0, 0.05) is 19.7 Å². The summed E-state index contributed by atoms with van der Waals surface area (Å²) in [7, 11) is 0. The molecule has 3 rings (SSSR count). The van der Waals surface area contributed by atoms with Gasteiger partial charge >= 0.3 is 0 Å². The number of aromatic amines is 1. The van der Waals surface area contributed by atoms with Crippen LogP contribution in [0.4, 0.5) is 0 Å². The maximum absolute atomic E-state index is 12.0. The summed E-state index contributed by atoms with van der Waals surface area (Å²) in [6, 6.07) is 5.40. The Bertz CT molecular complexity index is 965. The molecule has 2 N–H and O–H groups in total. The molecule has 2 aromatic rings. The Morgan fingerprint density at radius 1 is 1.48 bits per heavy atom. The normalized spacial score (nSPS) is 18.6. The number of hydrogen-bond acceptors (Lipinski definition) is 5. The Hall–Kier alpha value is -3.18. The monoisotopic (exact) mass is 384 g/mol. The number of halogens is 1. The predicted octanol–water partition coefficient (Wildman–Crippen LogP) is 1.94. The van der Waals surface area contributed by atoms with Crippen LogP contribution in [0.5, 0.6) is 0 Å². The van der Waals surface area contributed by atoms with Gasteiger partial charge in [-0.3, -0.25) is 19.4 Å². The molecule has 2 atom stereocenters. The van der Waals surface area contributed by atoms with Crippen molar-refractivity contribution in [2.75, 3.05) is 6.54 Å². The second-order valence-electron chi connectivity index (χ2n) is 6.02. The van der Waals surface area contributed by atoms with Crippen LogP contribution in [-0.4, -0.2) is 43.6 Å². The average molecular weight is 385 g/mol. The van der Waals surface area contributed by atoms with Crippen LogP contribution >= 0.6 is 11.6 Å². The van der Waals surface area contributed by atoms with E-state index in [9.17, 15) is 9.59 Å². The zero-order valence-corrected chi connectivity index (χ0v) is 15.3. The van der Waals surface area contributed by atoms with Crippen LogP contribution < -0.4 is 5.32 Å². The summed E-state index contributed by atoms with van der Waals surface area (Å²) in [5, 5.41) is 22.1. The SMILES string of the molecule is CC(=O)c1cc(C(=O)NCCn2ccc(C3=CC(Cl)C(C#N)C=C3)n2)[nH]n1. The van der Waals surface area contributed by atoms with Crippen LogP contribution in [0.3, 0.4) is 0 Å². The Morgan fingerprint density at radius 2 is 2.30 bits per heavy atom. The van der Waals surface area contributed by atoms with Gasteiger partial charge in [-0.05, 0) is 17.7 Å². The smallest absolute Gasteiger partial charge is 0.269 e. The van der Waals surface area contributed by atoms with Gasteiger partial charge in [0.25, 0.3) is 5.91 Å². The summed E-state index contributed by atoms with van der Waals surface area (Å²) < 4.78 is 1.71. The number of carbonyl (C=O) groups is 2. The summed E-state index contributed by atoms with van der Waals surface area (Å²) >= 11 is 6.17. The van der Waals surface area contributed by atoms with Crippen molar-refractivity contribution in [2.24, 2.45) is 5.92 Å². The third kappa shape index (κ3) is 4.33. The minimum atomic E-state index is -0.381. The first kappa shape index (κ1) is 18.6. The highest BCUT2D eigenvalue weighted by atomic mass is 35.5. The minimum absolute atomic E-state index is 0.208. The Balaban J connectivity index is 1.54. The van der Waals surface area contributed by atoms with E-state index in [4.69, 9.17) is 16.9 Å². The van der Waals surface area contributed by atoms with Gasteiger partial charge in [0.15, 0.2) is 5.78 Å². The quantitative estimate of drug-likeness (QED) is 0.583. The van der Waals surface area contributed by atoms with E-state index >= 15 is 0 Å². The lowest BCUT2D eigenvalue weighted by molar-refractivity contribution is 0.0946. The summed E-state index contributed by atoms with van der Waals surface area (Å²) in [5.74, 6) is -0.882. The summed E-state index contributed by atoms with van der Waals surface area (Å²) in [6.07, 6.45) is 7.23. The lowest BCUT2D eigenvalue weighted by Gasteiger charge is -2.14. The number of Topliss-reactive ketones (excluding diaryl/α,β-unsaturated/α-hetero) is 1. The van der Waals surface area contributed by atoms with Gasteiger partial charge in [0.1, 0.15) is 11.4 Å². The average Bonchev–Trinajstić information content (AvgIpc) is 3.31. The topological polar surface area (TPSA) is 116 Å². The first-order valence-corrected chi connectivity index (χ1v) is 8.73. The van der Waals surface area contributed by atoms with Crippen LogP contribution in [0, 0.1) is 17.2 Å². The number of nitrogens with one attached hydrogen (secondary N) is 2. The van der Waals surface area contributed by atoms with E-state index in [0.717, 1.165) is 11.3 Å². The fraction of sp³-hybridized carbons (Fsp3) is 0.278. The number of amides is 1. The maximum atomic E-state index is 12.0. The zero-order valence-electron chi connectivity index (χ0n) is 14.5. The van der Waals surface area contributed by atoms with Crippen molar-refractivity contribution in [1.29, 1.82) is 5.26 Å². The summed E-state index contributed by atoms with van der Waals surface area (Å²) in [5.41, 5.74) is 2.07. The molecule has 0 aliphatic heterocycles. The van der Waals surface area contributed by atoms with Crippen molar-refractivity contribution in [1.82, 2.24) is 25.3 Å². The fourth-order valence-electron chi connectivity index (χ4n) is 2.57. The molecule has 0 saturated heterocycles. The highest BCUT2D eigenvalue weighted by Crippen LogP contribution is 2.26. The lowest BCUT2D eigenvalue weighted by Crippen LogP contribution is -2.27. The molecule has 2 unspecified atom stereocenters. The molecular weight excluding hydrogens is 368 g/mol. The first-order chi connectivity index (χ1) is 13.0. The second kappa shape index (κ2) is 8.01. The highest BCUT2D eigenvalue weighted by molar-refractivity contribution is 6.23. The van der Waals surface area contributed by atoms with E-state index in [2.05, 4.69) is 26.7 Å². The molecule has 138 valence electrons. The number of carbonyl (C=O) groups excluding carboxylic acids is 2. The molecule has 1 amide bonds. The standard InChI is InChI=1S/C18H17ClN6O2/c1-11(26)16-9-17(23-22-16)18(27)21-5-7-25-6-4-15(24-25)12-2-3-13(10-20)14(19)8-12/h2-4,6,8-9,13-14H,5,7H2,1H3,(H,21,27)(H,22,23). The van der Waals surface area contributed by atoms with E-state index in [-0.39, 0.29) is 34.4 Å². The van der Waals surface area contributed by atoms with Gasteiger partial charge in [-0.25, -0.2) is 0 Å². The number of allylic oxidation sites excluding steroid dienone is 4. The Kier molecular flexibility index (Phi) is 5.52. The number of alkyl halides is 1. The van der Waals surface area contributed by atoms with Gasteiger partial charge in [0.05, 0.1) is 29.6 Å². The molecule has 0 bridgehead atoms. The van der Waals surface area contributed by atoms with Crippen LogP contribution in [0.25, 0.3) is 5.57 Å². The van der Waals surface area contributed by atoms with E-state index in [1.807, 2.05) is 18.2 Å². The van der Waals surface area contributed by atoms with E-state index < -0.39 is 0 Å². The molecule has 0 radical (unpaired) electrons. The van der Waals surface area contributed by atoms with Crippen molar-refractivity contribution in [3.63, 3.8) is 0 Å². The number of ketones is 1. The number of hydrogen-bond donors (Lipinski definition) is 2. The van der Waals surface area contributed by atoms with Gasteiger partial charge in [-0.1, -0.05) is 18.2 Å². The molecule has 27 heavy (non-hydrogen) atoms. The van der Waals surface area contributed by atoms with Crippen LogP contribution in [-0.2, 0) is 6.54 Å². The molecule has 0 fully saturated rings. The zero-order chi connectivity index (χ0) is 19.4. The van der Waals surface area contributed by atoms with Crippen LogP contribution in [0.15, 0.2) is 36.6 Å². The molecule has 0 aromatic carbocycles. The predicted molar refractivity (Wildman–Crippen MR) is 99.0 cm³/mol. The Morgan fingerprint density at radius 3 is 2.96 bits per heavy atom. The number of H-pyrrole nitrogens is 1. The molecule has 9 heteroatoms. The molecule has 0 spiro atoms. The van der Waals surface area contributed by atoms with Crippen molar-refractivity contribution < 1.29 is 9.59 Å². The largest absolute Gasteiger partial charge is 0.349 e. The molecular formula is C18H17ClN6O2. The highest BCUT2D eigenvalue weighted by Gasteiger charge is 2.19.